The number of hydrogen-bond donors (Lipinski definition) is 3. The van der Waals surface area contributed by atoms with Crippen molar-refractivity contribution in [3.8, 4) is 11.5 Å². The topological polar surface area (TPSA) is 97.4 Å². The second-order valence-corrected chi connectivity index (χ2v) is 7.04. The zero-order chi connectivity index (χ0) is 24.2. The van der Waals surface area contributed by atoms with E-state index < -0.39 is 17.6 Å². The van der Waals surface area contributed by atoms with E-state index in [2.05, 4.69) is 25.9 Å². The van der Waals surface area contributed by atoms with Gasteiger partial charge in [-0.1, -0.05) is 6.07 Å². The number of aryl methyl sites for hydroxylation is 1. The number of hydrogen-bond acceptors (Lipinski definition) is 7. The molecule has 0 aliphatic carbocycles. The van der Waals surface area contributed by atoms with Gasteiger partial charge >= 0.3 is 6.18 Å². The molecular formula is C22H22F3N5O3. The van der Waals surface area contributed by atoms with E-state index in [1.54, 1.807) is 43.3 Å². The second kappa shape index (κ2) is 9.63. The lowest BCUT2D eigenvalue weighted by Crippen LogP contribution is -2.14. The van der Waals surface area contributed by atoms with Gasteiger partial charge in [0, 0.05) is 37.0 Å². The highest BCUT2D eigenvalue weighted by atomic mass is 19.4. The van der Waals surface area contributed by atoms with E-state index >= 15 is 0 Å². The summed E-state index contributed by atoms with van der Waals surface area (Å²) in [5.74, 6) is 0.0134. The zero-order valence-corrected chi connectivity index (χ0v) is 18.3. The second-order valence-electron chi connectivity index (χ2n) is 7.04. The molecule has 11 heteroatoms. The van der Waals surface area contributed by atoms with Crippen LogP contribution in [0.5, 0.6) is 11.5 Å². The highest BCUT2D eigenvalue weighted by Crippen LogP contribution is 2.37. The van der Waals surface area contributed by atoms with Crippen molar-refractivity contribution in [2.75, 3.05) is 30.2 Å². The third kappa shape index (κ3) is 6.03. The molecule has 0 saturated heterocycles. The maximum atomic E-state index is 13.6. The average molecular weight is 461 g/mol. The van der Waals surface area contributed by atoms with Crippen LogP contribution in [0.25, 0.3) is 0 Å². The fourth-order valence-electron chi connectivity index (χ4n) is 2.94. The molecule has 1 aromatic heterocycles. The third-order valence-corrected chi connectivity index (χ3v) is 4.44. The lowest BCUT2D eigenvalue weighted by atomic mass is 10.1. The number of nitrogens with one attached hydrogen (secondary N) is 3. The third-order valence-electron chi connectivity index (χ3n) is 4.44. The first-order chi connectivity index (χ1) is 15.6. The summed E-state index contributed by atoms with van der Waals surface area (Å²) in [6.45, 7) is 3.10. The Morgan fingerprint density at radius 2 is 1.64 bits per heavy atom. The number of anilines is 5. The van der Waals surface area contributed by atoms with Gasteiger partial charge in [0.15, 0.2) is 0 Å². The van der Waals surface area contributed by atoms with Gasteiger partial charge in [-0.3, -0.25) is 4.79 Å². The van der Waals surface area contributed by atoms with Crippen LogP contribution in [-0.2, 0) is 11.0 Å². The molecule has 33 heavy (non-hydrogen) atoms. The van der Waals surface area contributed by atoms with Crippen LogP contribution in [0.2, 0.25) is 0 Å². The Bertz CT molecular complexity index is 1150. The highest BCUT2D eigenvalue weighted by molar-refractivity contribution is 5.93. The number of nitrogens with zero attached hydrogens (tertiary/aromatic N) is 2. The Labute approximate surface area is 188 Å². The van der Waals surface area contributed by atoms with Crippen molar-refractivity contribution in [3.05, 3.63) is 53.7 Å². The van der Waals surface area contributed by atoms with E-state index in [0.717, 1.165) is 5.56 Å². The Morgan fingerprint density at radius 3 is 2.21 bits per heavy atom. The minimum Gasteiger partial charge on any atom is -0.497 e. The van der Waals surface area contributed by atoms with Gasteiger partial charge in [-0.2, -0.15) is 18.2 Å². The molecule has 0 aliphatic rings. The fourth-order valence-corrected chi connectivity index (χ4v) is 2.94. The molecule has 0 bridgehead atoms. The number of carbonyl (C=O) groups excluding carboxylic acids is 1. The minimum absolute atomic E-state index is 0.0889. The van der Waals surface area contributed by atoms with Crippen LogP contribution in [0.15, 0.2) is 42.6 Å². The van der Waals surface area contributed by atoms with Gasteiger partial charge in [0.1, 0.15) is 22.9 Å². The number of amides is 1. The maximum absolute atomic E-state index is 13.6. The Hall–Kier alpha value is -4.02. The average Bonchev–Trinajstić information content (AvgIpc) is 2.74. The van der Waals surface area contributed by atoms with E-state index in [1.165, 1.54) is 21.1 Å². The predicted molar refractivity (Wildman–Crippen MR) is 119 cm³/mol. The summed E-state index contributed by atoms with van der Waals surface area (Å²) in [7, 11) is 2.95. The first kappa shape index (κ1) is 23.6. The van der Waals surface area contributed by atoms with Gasteiger partial charge < -0.3 is 25.4 Å². The first-order valence-corrected chi connectivity index (χ1v) is 9.68. The van der Waals surface area contributed by atoms with Crippen LogP contribution in [0, 0.1) is 6.92 Å². The molecule has 3 N–H and O–H groups in total. The summed E-state index contributed by atoms with van der Waals surface area (Å²) < 4.78 is 51.3. The first-order valence-electron chi connectivity index (χ1n) is 9.68. The van der Waals surface area contributed by atoms with Gasteiger partial charge in [-0.05, 0) is 24.6 Å². The minimum atomic E-state index is -4.71. The number of ether oxygens (including phenoxy) is 2. The van der Waals surface area contributed by atoms with Crippen LogP contribution in [-0.4, -0.2) is 30.1 Å². The largest absolute Gasteiger partial charge is 0.497 e. The molecule has 0 saturated carbocycles. The molecule has 3 rings (SSSR count). The molecule has 0 aliphatic heterocycles. The van der Waals surface area contributed by atoms with Crippen molar-refractivity contribution in [1.82, 2.24) is 9.97 Å². The molecule has 8 nitrogen and oxygen atoms in total. The summed E-state index contributed by atoms with van der Waals surface area (Å²) in [4.78, 5) is 19.4. The van der Waals surface area contributed by atoms with Crippen LogP contribution in [0.4, 0.5) is 42.0 Å². The Balaban J connectivity index is 2.01. The van der Waals surface area contributed by atoms with Gasteiger partial charge in [0.05, 0.1) is 25.6 Å². The van der Waals surface area contributed by atoms with E-state index in [0.29, 0.717) is 29.1 Å². The lowest BCUT2D eigenvalue weighted by Gasteiger charge is -2.17. The molecule has 1 heterocycles. The van der Waals surface area contributed by atoms with Crippen molar-refractivity contribution in [2.24, 2.45) is 0 Å². The summed E-state index contributed by atoms with van der Waals surface area (Å²) in [6.07, 6.45) is -4.03. The number of methoxy groups -OCH3 is 2. The molecule has 0 atom stereocenters. The lowest BCUT2D eigenvalue weighted by molar-refractivity contribution is -0.137. The molecule has 2 aromatic carbocycles. The van der Waals surface area contributed by atoms with Crippen molar-refractivity contribution < 1.29 is 27.4 Å². The SMILES string of the molecule is COc1cc(Nc2ncc(C(F)(F)F)c(Nc3ccc(C)cc3NC(C)=O)n2)cc(OC)c1. The van der Waals surface area contributed by atoms with Crippen molar-refractivity contribution >= 4 is 34.7 Å². The number of carbonyl (C=O) groups is 1. The molecule has 3 aromatic rings. The van der Waals surface area contributed by atoms with E-state index in [1.807, 2.05) is 0 Å². The summed E-state index contributed by atoms with van der Waals surface area (Å²) in [6, 6.07) is 9.77. The van der Waals surface area contributed by atoms with Crippen molar-refractivity contribution in [3.63, 3.8) is 0 Å². The smallest absolute Gasteiger partial charge is 0.421 e. The van der Waals surface area contributed by atoms with Gasteiger partial charge in [0.2, 0.25) is 11.9 Å². The summed E-state index contributed by atoms with van der Waals surface area (Å²) in [5.41, 5.74) is 0.768. The van der Waals surface area contributed by atoms with Crippen molar-refractivity contribution in [1.29, 1.82) is 0 Å². The normalized spacial score (nSPS) is 11.0. The number of rotatable bonds is 7. The molecule has 0 fully saturated rings. The Kier molecular flexibility index (Phi) is 6.90. The fraction of sp³-hybridized carbons (Fsp3) is 0.227. The van der Waals surface area contributed by atoms with E-state index in [4.69, 9.17) is 9.47 Å². The molecule has 174 valence electrons. The van der Waals surface area contributed by atoms with Gasteiger partial charge in [0.25, 0.3) is 0 Å². The van der Waals surface area contributed by atoms with E-state index in [9.17, 15) is 18.0 Å². The van der Waals surface area contributed by atoms with Crippen LogP contribution >= 0.6 is 0 Å². The Morgan fingerprint density at radius 1 is 0.970 bits per heavy atom. The number of aromatic nitrogens is 2. The number of halogens is 3. The molecule has 0 spiro atoms. The predicted octanol–water partition coefficient (Wildman–Crippen LogP) is 5.27. The van der Waals surface area contributed by atoms with Crippen LogP contribution in [0.1, 0.15) is 18.1 Å². The quantitative estimate of drug-likeness (QED) is 0.441. The number of alkyl halides is 3. The van der Waals surface area contributed by atoms with E-state index in [-0.39, 0.29) is 17.5 Å². The standard InChI is InChI=1S/C22H22F3N5O3/c1-12-5-6-18(19(7-12)27-13(2)31)29-20-17(22(23,24)25)11-26-21(30-20)28-14-8-15(32-3)10-16(9-14)33-4/h5-11H,1-4H3,(H,27,31)(H2,26,28,29,30). The van der Waals surface area contributed by atoms with Crippen molar-refractivity contribution in [2.45, 2.75) is 20.0 Å². The molecule has 0 unspecified atom stereocenters. The molecule has 1 amide bonds. The van der Waals surface area contributed by atoms with Gasteiger partial charge in [-0.15, -0.1) is 0 Å². The van der Waals surface area contributed by atoms with Gasteiger partial charge in [-0.25, -0.2) is 4.98 Å². The molecular weight excluding hydrogens is 439 g/mol. The monoisotopic (exact) mass is 461 g/mol. The highest BCUT2D eigenvalue weighted by Gasteiger charge is 2.35. The maximum Gasteiger partial charge on any atom is 0.421 e. The van der Waals surface area contributed by atoms with Crippen LogP contribution < -0.4 is 25.4 Å². The zero-order valence-electron chi connectivity index (χ0n) is 18.3. The number of benzene rings is 2. The summed E-state index contributed by atoms with van der Waals surface area (Å²) in [5, 5.41) is 8.13. The molecule has 0 radical (unpaired) electrons. The summed E-state index contributed by atoms with van der Waals surface area (Å²) >= 11 is 0. The van der Waals surface area contributed by atoms with Crippen LogP contribution in [0.3, 0.4) is 0 Å².